The van der Waals surface area contributed by atoms with Crippen LogP contribution in [0.3, 0.4) is 0 Å². The van der Waals surface area contributed by atoms with Crippen molar-refractivity contribution in [2.24, 2.45) is 0 Å². The Morgan fingerprint density at radius 2 is 2.20 bits per heavy atom. The number of carbonyl (C=O) groups is 1. The first-order valence-corrected chi connectivity index (χ1v) is 4.76. The molecule has 0 fully saturated rings. The van der Waals surface area contributed by atoms with Crippen molar-refractivity contribution in [2.75, 3.05) is 7.11 Å². The van der Waals surface area contributed by atoms with E-state index < -0.39 is 0 Å². The van der Waals surface area contributed by atoms with Crippen molar-refractivity contribution in [2.45, 2.75) is 20.3 Å². The van der Waals surface area contributed by atoms with Crippen molar-refractivity contribution in [3.05, 3.63) is 34.4 Å². The lowest BCUT2D eigenvalue weighted by molar-refractivity contribution is 0.0599. The average Bonchev–Trinajstić information content (AvgIpc) is 2.27. The Bertz CT molecular complexity index is 430. The lowest BCUT2D eigenvalue weighted by atomic mass is 9.96. The molecule has 1 aromatic rings. The third kappa shape index (κ3) is 1.99. The third-order valence-electron chi connectivity index (χ3n) is 2.48. The Morgan fingerprint density at radius 1 is 1.53 bits per heavy atom. The summed E-state index contributed by atoms with van der Waals surface area (Å²) in [5, 5.41) is 8.86. The van der Waals surface area contributed by atoms with E-state index in [1.165, 1.54) is 7.11 Å². The van der Waals surface area contributed by atoms with E-state index in [0.29, 0.717) is 17.5 Å². The van der Waals surface area contributed by atoms with Gasteiger partial charge in [0, 0.05) is 0 Å². The molecule has 0 aliphatic rings. The van der Waals surface area contributed by atoms with Crippen molar-refractivity contribution in [1.29, 1.82) is 5.26 Å². The van der Waals surface area contributed by atoms with Gasteiger partial charge in [-0.25, -0.2) is 4.79 Å². The summed E-state index contributed by atoms with van der Waals surface area (Å²) in [5.41, 5.74) is 2.92. The van der Waals surface area contributed by atoms with E-state index in [0.717, 1.165) is 11.1 Å². The molecule has 0 saturated heterocycles. The maximum absolute atomic E-state index is 11.4. The highest BCUT2D eigenvalue weighted by Gasteiger charge is 2.14. The van der Waals surface area contributed by atoms with Gasteiger partial charge in [-0.15, -0.1) is 0 Å². The van der Waals surface area contributed by atoms with Crippen LogP contribution in [0.1, 0.15) is 34.0 Å². The normalized spacial score (nSPS) is 9.47. The van der Waals surface area contributed by atoms with Gasteiger partial charge in [0.25, 0.3) is 0 Å². The highest BCUT2D eigenvalue weighted by atomic mass is 16.5. The Hall–Kier alpha value is -1.82. The SMILES string of the molecule is CCc1c(C(=O)OC)ccc(C#N)c1C. The number of hydrogen-bond donors (Lipinski definition) is 0. The van der Waals surface area contributed by atoms with Gasteiger partial charge in [-0.2, -0.15) is 5.26 Å². The molecule has 0 saturated carbocycles. The number of benzene rings is 1. The molecule has 1 aromatic carbocycles. The summed E-state index contributed by atoms with van der Waals surface area (Å²) in [6.45, 7) is 3.81. The molecule has 15 heavy (non-hydrogen) atoms. The van der Waals surface area contributed by atoms with Gasteiger partial charge in [-0.05, 0) is 36.6 Å². The zero-order chi connectivity index (χ0) is 11.4. The number of nitrogens with zero attached hydrogens (tertiary/aromatic N) is 1. The largest absolute Gasteiger partial charge is 0.465 e. The summed E-state index contributed by atoms with van der Waals surface area (Å²) < 4.78 is 4.69. The molecule has 3 nitrogen and oxygen atoms in total. The predicted octanol–water partition coefficient (Wildman–Crippen LogP) is 2.22. The zero-order valence-electron chi connectivity index (χ0n) is 9.13. The van der Waals surface area contributed by atoms with E-state index in [1.54, 1.807) is 12.1 Å². The summed E-state index contributed by atoms with van der Waals surface area (Å²) in [6.07, 6.45) is 0.714. The Balaban J connectivity index is 3.39. The van der Waals surface area contributed by atoms with E-state index >= 15 is 0 Å². The topological polar surface area (TPSA) is 50.1 Å². The fourth-order valence-corrected chi connectivity index (χ4v) is 1.63. The van der Waals surface area contributed by atoms with Crippen molar-refractivity contribution in [3.63, 3.8) is 0 Å². The van der Waals surface area contributed by atoms with Crippen LogP contribution in [-0.2, 0) is 11.2 Å². The molecule has 1 rings (SSSR count). The van der Waals surface area contributed by atoms with Crippen LogP contribution in [0.15, 0.2) is 12.1 Å². The molecule has 0 unspecified atom stereocenters. The third-order valence-corrected chi connectivity index (χ3v) is 2.48. The summed E-state index contributed by atoms with van der Waals surface area (Å²) >= 11 is 0. The van der Waals surface area contributed by atoms with Crippen LogP contribution in [0.2, 0.25) is 0 Å². The maximum Gasteiger partial charge on any atom is 0.338 e. The van der Waals surface area contributed by atoms with Crippen LogP contribution in [-0.4, -0.2) is 13.1 Å². The summed E-state index contributed by atoms with van der Waals surface area (Å²) in [5.74, 6) is -0.348. The number of hydrogen-bond acceptors (Lipinski definition) is 3. The molecule has 0 aliphatic heterocycles. The lowest BCUT2D eigenvalue weighted by Gasteiger charge is -2.10. The van der Waals surface area contributed by atoms with Gasteiger partial charge in [0.1, 0.15) is 0 Å². The quantitative estimate of drug-likeness (QED) is 0.692. The van der Waals surface area contributed by atoms with Gasteiger partial charge >= 0.3 is 5.97 Å². The fourth-order valence-electron chi connectivity index (χ4n) is 1.63. The Kier molecular flexibility index (Phi) is 3.46. The standard InChI is InChI=1S/C12H13NO2/c1-4-10-8(2)9(7-13)5-6-11(10)12(14)15-3/h5-6H,4H2,1-3H3. The minimum absolute atomic E-state index is 0.348. The molecule has 0 spiro atoms. The van der Waals surface area contributed by atoms with Crippen LogP contribution in [0.4, 0.5) is 0 Å². The molecular formula is C12H13NO2. The van der Waals surface area contributed by atoms with Gasteiger partial charge in [0.05, 0.1) is 24.3 Å². The zero-order valence-corrected chi connectivity index (χ0v) is 9.13. The molecule has 0 atom stereocenters. The van der Waals surface area contributed by atoms with Crippen LogP contribution in [0.5, 0.6) is 0 Å². The average molecular weight is 203 g/mol. The fraction of sp³-hybridized carbons (Fsp3) is 0.333. The number of nitriles is 1. The minimum atomic E-state index is -0.348. The maximum atomic E-state index is 11.4. The van der Waals surface area contributed by atoms with Crippen molar-refractivity contribution in [3.8, 4) is 6.07 Å². The molecule has 0 N–H and O–H groups in total. The first kappa shape index (κ1) is 11.3. The van der Waals surface area contributed by atoms with Crippen LogP contribution >= 0.6 is 0 Å². The van der Waals surface area contributed by atoms with E-state index in [1.807, 2.05) is 13.8 Å². The number of methoxy groups -OCH3 is 1. The van der Waals surface area contributed by atoms with Gasteiger partial charge < -0.3 is 4.74 Å². The monoisotopic (exact) mass is 203 g/mol. The molecule has 0 amide bonds. The van der Waals surface area contributed by atoms with Crippen molar-refractivity contribution >= 4 is 5.97 Å². The second kappa shape index (κ2) is 4.61. The van der Waals surface area contributed by atoms with Crippen LogP contribution in [0, 0.1) is 18.3 Å². The van der Waals surface area contributed by atoms with Gasteiger partial charge in [0.15, 0.2) is 0 Å². The lowest BCUT2D eigenvalue weighted by Crippen LogP contribution is -2.07. The molecular weight excluding hydrogens is 190 g/mol. The summed E-state index contributed by atoms with van der Waals surface area (Å²) in [6, 6.07) is 5.40. The molecule has 78 valence electrons. The van der Waals surface area contributed by atoms with E-state index in [-0.39, 0.29) is 5.97 Å². The smallest absolute Gasteiger partial charge is 0.338 e. The van der Waals surface area contributed by atoms with Crippen molar-refractivity contribution in [1.82, 2.24) is 0 Å². The Morgan fingerprint density at radius 3 is 2.67 bits per heavy atom. The second-order valence-corrected chi connectivity index (χ2v) is 3.22. The minimum Gasteiger partial charge on any atom is -0.465 e. The number of carbonyl (C=O) groups excluding carboxylic acids is 1. The molecule has 0 radical (unpaired) electrons. The molecule has 0 bridgehead atoms. The summed E-state index contributed by atoms with van der Waals surface area (Å²) in [7, 11) is 1.36. The Labute approximate surface area is 89.3 Å². The second-order valence-electron chi connectivity index (χ2n) is 3.22. The van der Waals surface area contributed by atoms with E-state index in [4.69, 9.17) is 5.26 Å². The van der Waals surface area contributed by atoms with E-state index in [2.05, 4.69) is 10.8 Å². The highest BCUT2D eigenvalue weighted by Crippen LogP contribution is 2.19. The van der Waals surface area contributed by atoms with Crippen molar-refractivity contribution < 1.29 is 9.53 Å². The van der Waals surface area contributed by atoms with Gasteiger partial charge in [0.2, 0.25) is 0 Å². The predicted molar refractivity (Wildman–Crippen MR) is 56.6 cm³/mol. The van der Waals surface area contributed by atoms with Crippen LogP contribution < -0.4 is 0 Å². The first-order valence-electron chi connectivity index (χ1n) is 4.76. The van der Waals surface area contributed by atoms with Gasteiger partial charge in [-0.1, -0.05) is 6.92 Å². The molecule has 0 aromatic heterocycles. The van der Waals surface area contributed by atoms with Gasteiger partial charge in [-0.3, -0.25) is 0 Å². The molecule has 0 aliphatic carbocycles. The molecule has 3 heteroatoms. The van der Waals surface area contributed by atoms with E-state index in [9.17, 15) is 4.79 Å². The summed E-state index contributed by atoms with van der Waals surface area (Å²) in [4.78, 5) is 11.4. The molecule has 0 heterocycles. The number of ether oxygens (including phenoxy) is 1. The number of esters is 1. The highest BCUT2D eigenvalue weighted by molar-refractivity contribution is 5.91. The number of rotatable bonds is 2. The first-order chi connectivity index (χ1) is 7.15. The van der Waals surface area contributed by atoms with Crippen LogP contribution in [0.25, 0.3) is 0 Å².